The molecule has 0 saturated carbocycles. The average Bonchev–Trinajstić information content (AvgIpc) is 2.68. The molecule has 1 heterocycles. The monoisotopic (exact) mass is 416 g/mol. The van der Waals surface area contributed by atoms with Crippen LogP contribution in [0.25, 0.3) is 5.70 Å². The maximum atomic E-state index is 13.1. The first kappa shape index (κ1) is 25.2. The molecule has 8 heteroatoms. The van der Waals surface area contributed by atoms with Crippen molar-refractivity contribution in [1.82, 2.24) is 25.7 Å². The summed E-state index contributed by atoms with van der Waals surface area (Å²) >= 11 is 0. The highest BCUT2D eigenvalue weighted by Crippen LogP contribution is 2.24. The Morgan fingerprint density at radius 1 is 1.30 bits per heavy atom. The third-order valence-electron chi connectivity index (χ3n) is 4.08. The molecular formula is C22H33FN6O. The van der Waals surface area contributed by atoms with E-state index in [4.69, 9.17) is 0 Å². The minimum absolute atomic E-state index is 0.0517. The van der Waals surface area contributed by atoms with E-state index < -0.39 is 17.8 Å². The SMILES string of the molecule is C=C/C=C\N=CC(C)(C)N(NC)/C(=C\CC(=O)NC(C)(C)CF)c1cnc(C)cn1. The molecule has 30 heavy (non-hydrogen) atoms. The van der Waals surface area contributed by atoms with E-state index in [1.807, 2.05) is 25.8 Å². The summed E-state index contributed by atoms with van der Waals surface area (Å²) in [4.78, 5) is 25.5. The molecule has 7 nitrogen and oxygen atoms in total. The van der Waals surface area contributed by atoms with Crippen molar-refractivity contribution < 1.29 is 9.18 Å². The highest BCUT2D eigenvalue weighted by atomic mass is 19.1. The number of allylic oxidation sites excluding steroid dienone is 2. The van der Waals surface area contributed by atoms with Crippen molar-refractivity contribution in [3.63, 3.8) is 0 Å². The zero-order valence-corrected chi connectivity index (χ0v) is 18.7. The Kier molecular flexibility index (Phi) is 9.52. The van der Waals surface area contributed by atoms with Crippen LogP contribution >= 0.6 is 0 Å². The van der Waals surface area contributed by atoms with Crippen molar-refractivity contribution in [2.75, 3.05) is 13.7 Å². The summed E-state index contributed by atoms with van der Waals surface area (Å²) in [5.74, 6) is -0.285. The molecule has 0 atom stereocenters. The molecule has 0 bridgehead atoms. The predicted molar refractivity (Wildman–Crippen MR) is 120 cm³/mol. The number of carbonyl (C=O) groups is 1. The lowest BCUT2D eigenvalue weighted by Gasteiger charge is -2.38. The van der Waals surface area contributed by atoms with Crippen molar-refractivity contribution in [3.05, 3.63) is 54.8 Å². The van der Waals surface area contributed by atoms with Gasteiger partial charge in [0.25, 0.3) is 0 Å². The Labute approximate surface area is 178 Å². The number of halogens is 1. The van der Waals surface area contributed by atoms with Gasteiger partial charge in [-0.2, -0.15) is 0 Å². The number of aryl methyl sites for hydroxylation is 1. The van der Waals surface area contributed by atoms with Crippen LogP contribution in [0.4, 0.5) is 4.39 Å². The third-order valence-corrected chi connectivity index (χ3v) is 4.08. The standard InChI is InChI=1S/C22H33FN6O/c1-8-9-12-25-16-22(5,6)29(24-7)19(18-14-26-17(2)13-27-18)10-11-20(30)28-21(3,4)15-23/h8-10,12-14,16,24H,1,11,15H2,2-7H3,(H,28,30)/b12-9-,19-10-,25-16?. The first-order valence-electron chi connectivity index (χ1n) is 9.72. The summed E-state index contributed by atoms with van der Waals surface area (Å²) in [7, 11) is 1.77. The summed E-state index contributed by atoms with van der Waals surface area (Å²) in [5.41, 5.74) is 3.69. The first-order valence-corrected chi connectivity index (χ1v) is 9.72. The normalized spacial score (nSPS) is 13.1. The van der Waals surface area contributed by atoms with E-state index in [2.05, 4.69) is 32.3 Å². The van der Waals surface area contributed by atoms with Gasteiger partial charge >= 0.3 is 0 Å². The van der Waals surface area contributed by atoms with E-state index in [0.29, 0.717) is 11.4 Å². The van der Waals surface area contributed by atoms with Crippen LogP contribution in [-0.2, 0) is 4.79 Å². The molecule has 1 amide bonds. The van der Waals surface area contributed by atoms with Crippen LogP contribution in [0.2, 0.25) is 0 Å². The number of hydrogen-bond acceptors (Lipinski definition) is 6. The van der Waals surface area contributed by atoms with Crippen LogP contribution in [0, 0.1) is 6.92 Å². The predicted octanol–water partition coefficient (Wildman–Crippen LogP) is 3.37. The lowest BCUT2D eigenvalue weighted by Crippen LogP contribution is -2.50. The maximum absolute atomic E-state index is 13.1. The summed E-state index contributed by atoms with van der Waals surface area (Å²) < 4.78 is 13.1. The van der Waals surface area contributed by atoms with Crippen LogP contribution in [-0.4, -0.2) is 51.9 Å². The lowest BCUT2D eigenvalue weighted by molar-refractivity contribution is -0.122. The van der Waals surface area contributed by atoms with Gasteiger partial charge in [0.1, 0.15) is 12.4 Å². The van der Waals surface area contributed by atoms with Gasteiger partial charge in [-0.25, -0.2) is 9.82 Å². The Bertz CT molecular complexity index is 796. The van der Waals surface area contributed by atoms with Gasteiger partial charge in [-0.15, -0.1) is 0 Å². The second-order valence-electron chi connectivity index (χ2n) is 7.97. The van der Waals surface area contributed by atoms with Crippen LogP contribution in [0.5, 0.6) is 0 Å². The molecule has 1 aromatic heterocycles. The van der Waals surface area contributed by atoms with Gasteiger partial charge in [-0.05, 0) is 46.8 Å². The van der Waals surface area contributed by atoms with Gasteiger partial charge in [0.15, 0.2) is 0 Å². The average molecular weight is 417 g/mol. The Morgan fingerprint density at radius 3 is 2.53 bits per heavy atom. The van der Waals surface area contributed by atoms with E-state index in [0.717, 1.165) is 5.69 Å². The van der Waals surface area contributed by atoms with E-state index in [1.54, 1.807) is 63.9 Å². The van der Waals surface area contributed by atoms with Crippen LogP contribution in [0.1, 0.15) is 45.5 Å². The molecule has 164 valence electrons. The zero-order chi connectivity index (χ0) is 22.8. The van der Waals surface area contributed by atoms with Gasteiger partial charge in [0.05, 0.1) is 28.7 Å². The number of amides is 1. The number of hydrogen-bond donors (Lipinski definition) is 2. The number of nitrogens with zero attached hydrogens (tertiary/aromatic N) is 4. The number of rotatable bonds is 11. The van der Waals surface area contributed by atoms with Gasteiger partial charge in [0.2, 0.25) is 5.91 Å². The highest BCUT2D eigenvalue weighted by molar-refractivity contribution is 5.81. The minimum Gasteiger partial charge on any atom is -0.348 e. The van der Waals surface area contributed by atoms with Gasteiger partial charge in [0, 0.05) is 32.1 Å². The van der Waals surface area contributed by atoms with Crippen molar-refractivity contribution in [3.8, 4) is 0 Å². The summed E-state index contributed by atoms with van der Waals surface area (Å²) in [6, 6.07) is 0. The fourth-order valence-corrected chi connectivity index (χ4v) is 2.60. The number of aliphatic imine (C=N–C) groups is 1. The molecule has 0 aliphatic carbocycles. The van der Waals surface area contributed by atoms with E-state index in [1.165, 1.54) is 0 Å². The Morgan fingerprint density at radius 2 is 2.00 bits per heavy atom. The largest absolute Gasteiger partial charge is 0.348 e. The summed E-state index contributed by atoms with van der Waals surface area (Å²) in [5, 5.41) is 4.54. The number of nitrogens with one attached hydrogen (secondary N) is 2. The van der Waals surface area contributed by atoms with Gasteiger partial charge < -0.3 is 5.32 Å². The summed E-state index contributed by atoms with van der Waals surface area (Å²) in [6.07, 6.45) is 11.9. The fraction of sp³-hybridized carbons (Fsp3) is 0.455. The molecule has 0 aliphatic rings. The third kappa shape index (κ3) is 7.87. The lowest BCUT2D eigenvalue weighted by atomic mass is 10.0. The first-order chi connectivity index (χ1) is 14.1. The molecule has 2 N–H and O–H groups in total. The topological polar surface area (TPSA) is 82.5 Å². The quantitative estimate of drug-likeness (QED) is 0.328. The second kappa shape index (κ2) is 11.3. The van der Waals surface area contributed by atoms with E-state index in [9.17, 15) is 9.18 Å². The Balaban J connectivity index is 3.28. The summed E-state index contributed by atoms with van der Waals surface area (Å²) in [6.45, 7) is 12.0. The zero-order valence-electron chi connectivity index (χ0n) is 18.7. The number of aromatic nitrogens is 2. The number of alkyl halides is 1. The molecule has 0 spiro atoms. The van der Waals surface area contributed by atoms with E-state index >= 15 is 0 Å². The van der Waals surface area contributed by atoms with Crippen LogP contribution < -0.4 is 10.7 Å². The number of hydrazine groups is 1. The molecular weight excluding hydrogens is 383 g/mol. The smallest absolute Gasteiger partial charge is 0.224 e. The molecule has 0 fully saturated rings. The van der Waals surface area contributed by atoms with Crippen LogP contribution in [0.3, 0.4) is 0 Å². The van der Waals surface area contributed by atoms with Crippen molar-refractivity contribution >= 4 is 17.8 Å². The van der Waals surface area contributed by atoms with Gasteiger partial charge in [-0.3, -0.25) is 24.8 Å². The fourth-order valence-electron chi connectivity index (χ4n) is 2.60. The van der Waals surface area contributed by atoms with Crippen molar-refractivity contribution in [2.45, 2.75) is 52.1 Å². The van der Waals surface area contributed by atoms with Gasteiger partial charge in [-0.1, -0.05) is 12.7 Å². The molecule has 1 aromatic rings. The van der Waals surface area contributed by atoms with E-state index in [-0.39, 0.29) is 12.3 Å². The number of carbonyl (C=O) groups excluding carboxylic acids is 1. The minimum atomic E-state index is -0.916. The van der Waals surface area contributed by atoms with Crippen molar-refractivity contribution in [1.29, 1.82) is 0 Å². The molecule has 0 radical (unpaired) electrons. The molecule has 0 unspecified atom stereocenters. The molecule has 0 saturated heterocycles. The highest BCUT2D eigenvalue weighted by Gasteiger charge is 2.28. The second-order valence-corrected chi connectivity index (χ2v) is 7.97. The maximum Gasteiger partial charge on any atom is 0.224 e. The molecule has 1 rings (SSSR count). The van der Waals surface area contributed by atoms with Crippen molar-refractivity contribution in [2.24, 2.45) is 4.99 Å². The molecule has 0 aliphatic heterocycles. The van der Waals surface area contributed by atoms with Crippen LogP contribution in [0.15, 0.2) is 48.4 Å². The Hall–Kier alpha value is -2.87. The molecule has 0 aromatic carbocycles.